The number of rotatable bonds is 5. The lowest BCUT2D eigenvalue weighted by Crippen LogP contribution is -2.43. The molecule has 2 aliphatic rings. The fourth-order valence-electron chi connectivity index (χ4n) is 3.88. The molecule has 1 fully saturated rings. The number of fused-ring (bicyclic) bond motifs is 1. The van der Waals surface area contributed by atoms with E-state index in [0.29, 0.717) is 47.3 Å². The predicted molar refractivity (Wildman–Crippen MR) is 123 cm³/mol. The Morgan fingerprint density at radius 1 is 1.27 bits per heavy atom. The molecule has 2 N–H and O–H groups in total. The van der Waals surface area contributed by atoms with Crippen LogP contribution in [-0.2, 0) is 19.6 Å². The lowest BCUT2D eigenvalue weighted by Gasteiger charge is -2.31. The van der Waals surface area contributed by atoms with Gasteiger partial charge in [-0.1, -0.05) is 11.6 Å². The maximum atomic E-state index is 13.3. The number of nitrogens with zero attached hydrogens (tertiary/aromatic N) is 1. The van der Waals surface area contributed by atoms with Crippen molar-refractivity contribution in [3.63, 3.8) is 0 Å². The maximum absolute atomic E-state index is 13.3. The van der Waals surface area contributed by atoms with Gasteiger partial charge in [0.15, 0.2) is 6.10 Å². The van der Waals surface area contributed by atoms with Crippen LogP contribution in [0.5, 0.6) is 11.5 Å². The normalized spacial score (nSPS) is 20.9. The molecule has 0 radical (unpaired) electrons. The van der Waals surface area contributed by atoms with Crippen molar-refractivity contribution in [2.75, 3.05) is 30.8 Å². The number of sulfonamides is 1. The van der Waals surface area contributed by atoms with Crippen LogP contribution in [0.4, 0.5) is 11.4 Å². The fourth-order valence-corrected chi connectivity index (χ4v) is 5.61. The number of carbonyl (C=O) groups excluding carboxylic acids is 2. The molecule has 0 unspecified atom stereocenters. The third-order valence-electron chi connectivity index (χ3n) is 5.69. The molecule has 2 atom stereocenters. The molecule has 2 aromatic carbocycles. The van der Waals surface area contributed by atoms with E-state index >= 15 is 0 Å². The van der Waals surface area contributed by atoms with E-state index in [0.717, 1.165) is 0 Å². The molecule has 0 aromatic heterocycles. The van der Waals surface area contributed by atoms with Crippen molar-refractivity contribution in [1.29, 1.82) is 0 Å². The Labute approximate surface area is 197 Å². The number of benzene rings is 2. The van der Waals surface area contributed by atoms with Gasteiger partial charge in [-0.2, -0.15) is 4.31 Å². The number of anilines is 2. The minimum atomic E-state index is -3.88. The van der Waals surface area contributed by atoms with Crippen molar-refractivity contribution in [2.45, 2.75) is 30.8 Å². The number of piperidine rings is 1. The van der Waals surface area contributed by atoms with Crippen molar-refractivity contribution in [1.82, 2.24) is 4.31 Å². The molecule has 4 rings (SSSR count). The minimum absolute atomic E-state index is 0.0253. The van der Waals surface area contributed by atoms with Crippen molar-refractivity contribution in [3.8, 4) is 11.5 Å². The summed E-state index contributed by atoms with van der Waals surface area (Å²) < 4.78 is 38.6. The minimum Gasteiger partial charge on any atom is -0.495 e. The standard InChI is InChI=1S/C22H24ClN3O6S/c1-13-21(27)24-18-11-16(6-8-20(18)32-13)33(29,30)26-9-3-4-14(12-26)22(28)25-17-10-15(23)5-7-19(17)31-2/h5-8,10-11,13-14H,3-4,9,12H2,1-2H3,(H,24,27)(H,25,28)/t13-,14-/m0/s1. The van der Waals surface area contributed by atoms with E-state index in [-0.39, 0.29) is 23.3 Å². The lowest BCUT2D eigenvalue weighted by atomic mass is 9.98. The molecule has 2 aromatic rings. The Balaban J connectivity index is 1.51. The molecule has 11 heteroatoms. The van der Waals surface area contributed by atoms with Crippen molar-refractivity contribution in [3.05, 3.63) is 41.4 Å². The second kappa shape index (κ2) is 9.20. The monoisotopic (exact) mass is 493 g/mol. The molecule has 0 aliphatic carbocycles. The molecule has 33 heavy (non-hydrogen) atoms. The second-order valence-corrected chi connectivity index (χ2v) is 10.3. The van der Waals surface area contributed by atoms with Gasteiger partial charge in [-0.05, 0) is 56.2 Å². The van der Waals surface area contributed by atoms with E-state index in [1.165, 1.54) is 29.6 Å². The van der Waals surface area contributed by atoms with Gasteiger partial charge >= 0.3 is 0 Å². The Kier molecular flexibility index (Phi) is 6.51. The molecular weight excluding hydrogens is 470 g/mol. The number of methoxy groups -OCH3 is 1. The van der Waals surface area contributed by atoms with Gasteiger partial charge in [0, 0.05) is 18.1 Å². The van der Waals surface area contributed by atoms with E-state index in [1.807, 2.05) is 0 Å². The first-order valence-electron chi connectivity index (χ1n) is 10.4. The molecule has 176 valence electrons. The Hall–Kier alpha value is -2.82. The van der Waals surface area contributed by atoms with Gasteiger partial charge in [-0.3, -0.25) is 9.59 Å². The first kappa shape index (κ1) is 23.3. The highest BCUT2D eigenvalue weighted by Crippen LogP contribution is 2.34. The Morgan fingerprint density at radius 3 is 2.82 bits per heavy atom. The maximum Gasteiger partial charge on any atom is 0.265 e. The summed E-state index contributed by atoms with van der Waals surface area (Å²) >= 11 is 6.03. The largest absolute Gasteiger partial charge is 0.495 e. The zero-order valence-corrected chi connectivity index (χ0v) is 19.7. The van der Waals surface area contributed by atoms with Crippen molar-refractivity contribution in [2.24, 2.45) is 5.92 Å². The summed E-state index contributed by atoms with van der Waals surface area (Å²) in [5.41, 5.74) is 0.730. The number of ether oxygens (including phenoxy) is 2. The highest BCUT2D eigenvalue weighted by molar-refractivity contribution is 7.89. The van der Waals surface area contributed by atoms with Crippen LogP contribution in [0.3, 0.4) is 0 Å². The average Bonchev–Trinajstić information content (AvgIpc) is 2.79. The van der Waals surface area contributed by atoms with Crippen LogP contribution < -0.4 is 20.1 Å². The highest BCUT2D eigenvalue weighted by atomic mass is 35.5. The molecule has 2 aliphatic heterocycles. The summed E-state index contributed by atoms with van der Waals surface area (Å²) in [6, 6.07) is 9.23. The van der Waals surface area contributed by atoms with E-state index in [9.17, 15) is 18.0 Å². The first-order chi connectivity index (χ1) is 15.7. The van der Waals surface area contributed by atoms with E-state index in [2.05, 4.69) is 10.6 Å². The molecule has 2 amide bonds. The summed E-state index contributed by atoms with van der Waals surface area (Å²) in [5, 5.41) is 5.90. The third-order valence-corrected chi connectivity index (χ3v) is 7.79. The molecule has 2 heterocycles. The van der Waals surface area contributed by atoms with Crippen molar-refractivity contribution >= 4 is 44.8 Å². The van der Waals surface area contributed by atoms with E-state index < -0.39 is 22.0 Å². The van der Waals surface area contributed by atoms with E-state index in [1.54, 1.807) is 25.1 Å². The molecule has 0 bridgehead atoms. The van der Waals surface area contributed by atoms with Crippen LogP contribution in [0.15, 0.2) is 41.3 Å². The molecule has 0 saturated carbocycles. The molecule has 0 spiro atoms. The summed E-state index contributed by atoms with van der Waals surface area (Å²) in [7, 11) is -2.40. The third kappa shape index (κ3) is 4.78. The second-order valence-electron chi connectivity index (χ2n) is 7.94. The van der Waals surface area contributed by atoms with Gasteiger partial charge in [-0.25, -0.2) is 8.42 Å². The van der Waals surface area contributed by atoms with Crippen LogP contribution in [-0.4, -0.2) is 50.8 Å². The predicted octanol–water partition coefficient (Wildman–Crippen LogP) is 3.11. The zero-order chi connectivity index (χ0) is 23.8. The number of halogens is 1. The first-order valence-corrected chi connectivity index (χ1v) is 12.3. The number of carbonyl (C=O) groups is 2. The zero-order valence-electron chi connectivity index (χ0n) is 18.1. The Bertz CT molecular complexity index is 1200. The SMILES string of the molecule is COc1ccc(Cl)cc1NC(=O)[C@H]1CCCN(S(=O)(=O)c2ccc3c(c2)NC(=O)[C@H](C)O3)C1. The summed E-state index contributed by atoms with van der Waals surface area (Å²) in [4.78, 5) is 24.8. The fraction of sp³-hybridized carbons (Fsp3) is 0.364. The lowest BCUT2D eigenvalue weighted by molar-refractivity contribution is -0.123. The van der Waals surface area contributed by atoms with Crippen LogP contribution in [0, 0.1) is 5.92 Å². The molecular formula is C22H24ClN3O6S. The molecule has 9 nitrogen and oxygen atoms in total. The molecule has 1 saturated heterocycles. The topological polar surface area (TPSA) is 114 Å². The number of nitrogens with one attached hydrogen (secondary N) is 2. The number of hydrogen-bond donors (Lipinski definition) is 2. The summed E-state index contributed by atoms with van der Waals surface area (Å²) in [5.74, 6) is -0.328. The summed E-state index contributed by atoms with van der Waals surface area (Å²) in [6.45, 7) is 1.94. The smallest absolute Gasteiger partial charge is 0.265 e. The van der Waals surface area contributed by atoms with Gasteiger partial charge < -0.3 is 20.1 Å². The van der Waals surface area contributed by atoms with Crippen molar-refractivity contribution < 1.29 is 27.5 Å². The summed E-state index contributed by atoms with van der Waals surface area (Å²) in [6.07, 6.45) is 0.429. The van der Waals surface area contributed by atoms with Crippen LogP contribution in [0.1, 0.15) is 19.8 Å². The van der Waals surface area contributed by atoms with Crippen LogP contribution in [0.25, 0.3) is 0 Å². The van der Waals surface area contributed by atoms with Crippen LogP contribution >= 0.6 is 11.6 Å². The van der Waals surface area contributed by atoms with Gasteiger partial charge in [0.05, 0.1) is 29.3 Å². The van der Waals surface area contributed by atoms with E-state index in [4.69, 9.17) is 21.1 Å². The average molecular weight is 494 g/mol. The number of amides is 2. The Morgan fingerprint density at radius 2 is 2.06 bits per heavy atom. The van der Waals surface area contributed by atoms with Crippen LogP contribution in [0.2, 0.25) is 5.02 Å². The quantitative estimate of drug-likeness (QED) is 0.661. The van der Waals surface area contributed by atoms with Gasteiger partial charge in [0.1, 0.15) is 11.5 Å². The van der Waals surface area contributed by atoms with Gasteiger partial charge in [0.2, 0.25) is 15.9 Å². The van der Waals surface area contributed by atoms with Gasteiger partial charge in [0.25, 0.3) is 5.91 Å². The number of hydrogen-bond acceptors (Lipinski definition) is 6. The highest BCUT2D eigenvalue weighted by Gasteiger charge is 2.34. The van der Waals surface area contributed by atoms with Gasteiger partial charge in [-0.15, -0.1) is 0 Å².